The van der Waals surface area contributed by atoms with Gasteiger partial charge in [-0.25, -0.2) is 0 Å². The molecule has 0 amide bonds. The zero-order valence-electron chi connectivity index (χ0n) is 16.3. The van der Waals surface area contributed by atoms with E-state index >= 15 is 0 Å². The zero-order chi connectivity index (χ0) is 18.2. The van der Waals surface area contributed by atoms with Gasteiger partial charge in [0.25, 0.3) is 0 Å². The van der Waals surface area contributed by atoms with Crippen molar-refractivity contribution in [1.82, 2.24) is 15.1 Å². The fourth-order valence-corrected chi connectivity index (χ4v) is 4.18. The Hall–Kier alpha value is -1.11. The van der Waals surface area contributed by atoms with E-state index in [-0.39, 0.29) is 0 Å². The van der Waals surface area contributed by atoms with E-state index in [1.807, 2.05) is 18.4 Å². The second-order valence-corrected chi connectivity index (χ2v) is 8.70. The molecule has 0 radical (unpaired) electrons. The lowest BCUT2D eigenvalue weighted by atomic mass is 9.97. The molecule has 26 heavy (non-hydrogen) atoms. The number of guanidine groups is 1. The van der Waals surface area contributed by atoms with Gasteiger partial charge in [-0.1, -0.05) is 6.07 Å². The van der Waals surface area contributed by atoms with Crippen molar-refractivity contribution in [3.63, 3.8) is 0 Å². The fourth-order valence-electron chi connectivity index (χ4n) is 3.43. The van der Waals surface area contributed by atoms with Crippen LogP contribution in [0.4, 0.5) is 0 Å². The summed E-state index contributed by atoms with van der Waals surface area (Å²) >= 11 is 1.87. The minimum Gasteiger partial charge on any atom is -0.379 e. The van der Waals surface area contributed by atoms with Crippen molar-refractivity contribution in [3.8, 4) is 0 Å². The normalized spacial score (nSPS) is 19.7. The maximum Gasteiger partial charge on any atom is 0.193 e. The number of rotatable bonds is 9. The third-order valence-electron chi connectivity index (χ3n) is 5.41. The second kappa shape index (κ2) is 10.3. The number of ether oxygens (including phenoxy) is 1. The molecule has 1 aromatic heterocycles. The van der Waals surface area contributed by atoms with Crippen molar-refractivity contribution >= 4 is 17.3 Å². The summed E-state index contributed by atoms with van der Waals surface area (Å²) in [6, 6.07) is 4.39. The molecule has 1 aliphatic carbocycles. The summed E-state index contributed by atoms with van der Waals surface area (Å²) in [5.41, 5.74) is 0. The van der Waals surface area contributed by atoms with E-state index in [2.05, 4.69) is 44.7 Å². The van der Waals surface area contributed by atoms with Gasteiger partial charge in [-0.15, -0.1) is 11.3 Å². The van der Waals surface area contributed by atoms with E-state index in [9.17, 15) is 0 Å². The molecule has 1 aromatic rings. The summed E-state index contributed by atoms with van der Waals surface area (Å²) in [5.74, 6) is 2.57. The van der Waals surface area contributed by atoms with E-state index in [4.69, 9.17) is 4.74 Å². The van der Waals surface area contributed by atoms with Crippen LogP contribution in [0.2, 0.25) is 0 Å². The van der Waals surface area contributed by atoms with Crippen LogP contribution < -0.4 is 5.32 Å². The Morgan fingerprint density at radius 1 is 1.31 bits per heavy atom. The standard InChI is InChI=1S/C20H34N4OS/c1-21-20(23(2)11-12-25-16-18-5-6-18)22-14-17-7-9-24(10-8-17)15-19-4-3-13-26-19/h3-4,13,17-18H,5-12,14-16H2,1-2H3,(H,21,22). The molecule has 6 heteroatoms. The molecule has 1 saturated carbocycles. The van der Waals surface area contributed by atoms with Gasteiger partial charge in [0.05, 0.1) is 6.61 Å². The third-order valence-corrected chi connectivity index (χ3v) is 6.27. The Bertz CT molecular complexity index is 536. The van der Waals surface area contributed by atoms with E-state index in [1.54, 1.807) is 0 Å². The van der Waals surface area contributed by atoms with Crippen LogP contribution in [-0.2, 0) is 11.3 Å². The molecule has 0 unspecified atom stereocenters. The predicted octanol–water partition coefficient (Wildman–Crippen LogP) is 2.89. The lowest BCUT2D eigenvalue weighted by Gasteiger charge is -2.32. The van der Waals surface area contributed by atoms with Gasteiger partial charge in [0, 0.05) is 45.2 Å². The van der Waals surface area contributed by atoms with Crippen molar-refractivity contribution in [2.75, 3.05) is 53.5 Å². The van der Waals surface area contributed by atoms with Gasteiger partial charge in [-0.05, 0) is 62.1 Å². The van der Waals surface area contributed by atoms with Gasteiger partial charge in [0.15, 0.2) is 5.96 Å². The Kier molecular flexibility index (Phi) is 7.77. The van der Waals surface area contributed by atoms with E-state index < -0.39 is 0 Å². The van der Waals surface area contributed by atoms with Crippen molar-refractivity contribution < 1.29 is 4.74 Å². The highest BCUT2D eigenvalue weighted by Crippen LogP contribution is 2.28. The van der Waals surface area contributed by atoms with E-state index in [1.165, 1.54) is 43.6 Å². The highest BCUT2D eigenvalue weighted by molar-refractivity contribution is 7.09. The zero-order valence-corrected chi connectivity index (χ0v) is 17.1. The predicted molar refractivity (Wildman–Crippen MR) is 110 cm³/mol. The van der Waals surface area contributed by atoms with Crippen molar-refractivity contribution in [2.45, 2.75) is 32.2 Å². The van der Waals surface area contributed by atoms with Crippen LogP contribution in [0.25, 0.3) is 0 Å². The lowest BCUT2D eigenvalue weighted by molar-refractivity contribution is 0.115. The molecule has 5 nitrogen and oxygen atoms in total. The van der Waals surface area contributed by atoms with Crippen molar-refractivity contribution in [2.24, 2.45) is 16.8 Å². The average molecular weight is 379 g/mol. The summed E-state index contributed by atoms with van der Waals surface area (Å²) in [4.78, 5) is 10.7. The van der Waals surface area contributed by atoms with Gasteiger partial charge in [0.2, 0.25) is 0 Å². The van der Waals surface area contributed by atoms with Gasteiger partial charge in [-0.2, -0.15) is 0 Å². The molecular formula is C20H34N4OS. The number of nitrogens with one attached hydrogen (secondary N) is 1. The molecule has 0 spiro atoms. The summed E-state index contributed by atoms with van der Waals surface area (Å²) in [7, 11) is 3.97. The van der Waals surface area contributed by atoms with Gasteiger partial charge >= 0.3 is 0 Å². The first-order valence-electron chi connectivity index (χ1n) is 9.99. The quantitative estimate of drug-likeness (QED) is 0.407. The molecule has 2 fully saturated rings. The first-order chi connectivity index (χ1) is 12.7. The SMILES string of the molecule is CN=C(NCC1CCN(Cc2cccs2)CC1)N(C)CCOCC1CC1. The largest absolute Gasteiger partial charge is 0.379 e. The Morgan fingerprint density at radius 3 is 2.77 bits per heavy atom. The minimum atomic E-state index is 0.742. The smallest absolute Gasteiger partial charge is 0.193 e. The number of nitrogens with zero attached hydrogens (tertiary/aromatic N) is 3. The summed E-state index contributed by atoms with van der Waals surface area (Å²) in [6.07, 6.45) is 5.24. The molecule has 2 heterocycles. The molecular weight excluding hydrogens is 344 g/mol. The molecule has 1 saturated heterocycles. The van der Waals surface area contributed by atoms with Crippen LogP contribution in [-0.4, -0.2) is 69.2 Å². The number of aliphatic imine (C=N–C) groups is 1. The number of likely N-dealkylation sites (tertiary alicyclic amines) is 1. The molecule has 1 aliphatic heterocycles. The van der Waals surface area contributed by atoms with Crippen LogP contribution in [0.5, 0.6) is 0 Å². The number of piperidine rings is 1. The van der Waals surface area contributed by atoms with Gasteiger partial charge in [0.1, 0.15) is 0 Å². The molecule has 2 aliphatic rings. The summed E-state index contributed by atoms with van der Waals surface area (Å²) in [6.45, 7) is 7.15. The molecule has 3 rings (SSSR count). The van der Waals surface area contributed by atoms with Gasteiger partial charge < -0.3 is 15.0 Å². The first kappa shape index (κ1) is 19.6. The highest BCUT2D eigenvalue weighted by Gasteiger charge is 2.22. The summed E-state index contributed by atoms with van der Waals surface area (Å²) in [5, 5.41) is 5.74. The Labute approximate surface area is 162 Å². The Morgan fingerprint density at radius 2 is 2.12 bits per heavy atom. The number of likely N-dealkylation sites (N-methyl/N-ethyl adjacent to an activating group) is 1. The molecule has 146 valence electrons. The number of hydrogen-bond donors (Lipinski definition) is 1. The van der Waals surface area contributed by atoms with Crippen molar-refractivity contribution in [1.29, 1.82) is 0 Å². The van der Waals surface area contributed by atoms with Crippen LogP contribution in [0.15, 0.2) is 22.5 Å². The maximum atomic E-state index is 5.74. The molecule has 0 aromatic carbocycles. The monoisotopic (exact) mass is 378 g/mol. The second-order valence-electron chi connectivity index (χ2n) is 7.67. The topological polar surface area (TPSA) is 40.1 Å². The third kappa shape index (κ3) is 6.56. The molecule has 0 atom stereocenters. The summed E-state index contributed by atoms with van der Waals surface area (Å²) < 4.78 is 5.74. The van der Waals surface area contributed by atoms with Crippen LogP contribution in [0.1, 0.15) is 30.6 Å². The average Bonchev–Trinajstić information content (AvgIpc) is 3.35. The first-order valence-corrected chi connectivity index (χ1v) is 10.9. The molecule has 0 bridgehead atoms. The lowest BCUT2D eigenvalue weighted by Crippen LogP contribution is -2.44. The highest BCUT2D eigenvalue weighted by atomic mass is 32.1. The van der Waals surface area contributed by atoms with Crippen LogP contribution in [0, 0.1) is 11.8 Å². The van der Waals surface area contributed by atoms with Gasteiger partial charge in [-0.3, -0.25) is 9.89 Å². The number of thiophene rings is 1. The number of hydrogen-bond acceptors (Lipinski definition) is 4. The maximum absolute atomic E-state index is 5.74. The van der Waals surface area contributed by atoms with E-state index in [0.717, 1.165) is 50.6 Å². The van der Waals surface area contributed by atoms with E-state index in [0.29, 0.717) is 0 Å². The minimum absolute atomic E-state index is 0.742. The van der Waals surface area contributed by atoms with Crippen molar-refractivity contribution in [3.05, 3.63) is 22.4 Å². The van der Waals surface area contributed by atoms with Crippen LogP contribution >= 0.6 is 11.3 Å². The van der Waals surface area contributed by atoms with Crippen LogP contribution in [0.3, 0.4) is 0 Å². The fraction of sp³-hybridized carbons (Fsp3) is 0.750. The Balaban J connectivity index is 1.29. The molecule has 1 N–H and O–H groups in total.